The summed E-state index contributed by atoms with van der Waals surface area (Å²) in [6.45, 7) is 2.41. The second kappa shape index (κ2) is 3.03. The van der Waals surface area contributed by atoms with Gasteiger partial charge < -0.3 is 10.2 Å². The number of hydrogen-bond acceptors (Lipinski definition) is 3. The maximum Gasteiger partial charge on any atom is 0.292 e. The summed E-state index contributed by atoms with van der Waals surface area (Å²) in [6.07, 6.45) is 0.700. The predicted molar refractivity (Wildman–Crippen MR) is 39.0 cm³/mol. The Labute approximate surface area is 64.2 Å². The number of halogens is 1. The van der Waals surface area contributed by atoms with Gasteiger partial charge in [0, 0.05) is 6.42 Å². The summed E-state index contributed by atoms with van der Waals surface area (Å²) in [7, 11) is 0. The first-order valence-electron chi connectivity index (χ1n) is 3.06. The molecule has 0 radical (unpaired) electrons. The molecular formula is C6H9ClN2O. The van der Waals surface area contributed by atoms with E-state index in [1.807, 2.05) is 6.92 Å². The van der Waals surface area contributed by atoms with Gasteiger partial charge in [0.1, 0.15) is 5.76 Å². The molecule has 4 heteroatoms. The van der Waals surface area contributed by atoms with Crippen LogP contribution < -0.4 is 5.73 Å². The van der Waals surface area contributed by atoms with Crippen molar-refractivity contribution in [2.24, 2.45) is 5.73 Å². The third kappa shape index (κ3) is 1.49. The van der Waals surface area contributed by atoms with Crippen molar-refractivity contribution >= 4 is 11.6 Å². The van der Waals surface area contributed by atoms with Gasteiger partial charge in [-0.3, -0.25) is 0 Å². The van der Waals surface area contributed by atoms with Gasteiger partial charge in [0.15, 0.2) is 0 Å². The Morgan fingerprint density at radius 1 is 1.70 bits per heavy atom. The van der Waals surface area contributed by atoms with Crippen LogP contribution >= 0.6 is 11.6 Å². The number of oxazole rings is 1. The molecule has 2 N–H and O–H groups in total. The second-order valence-corrected chi connectivity index (χ2v) is 2.34. The van der Waals surface area contributed by atoms with E-state index < -0.39 is 0 Å². The lowest BCUT2D eigenvalue weighted by molar-refractivity contribution is 0.505. The molecule has 1 rings (SSSR count). The van der Waals surface area contributed by atoms with Crippen LogP contribution in [0.1, 0.15) is 11.5 Å². The number of aromatic nitrogens is 1. The first kappa shape index (κ1) is 7.57. The van der Waals surface area contributed by atoms with Crippen molar-refractivity contribution in [3.05, 3.63) is 16.8 Å². The average molecular weight is 161 g/mol. The van der Waals surface area contributed by atoms with E-state index in [1.165, 1.54) is 0 Å². The Morgan fingerprint density at radius 2 is 2.40 bits per heavy atom. The summed E-state index contributed by atoms with van der Waals surface area (Å²) in [5, 5.41) is 0.195. The lowest BCUT2D eigenvalue weighted by Crippen LogP contribution is -2.02. The number of hydrogen-bond donors (Lipinski definition) is 1. The van der Waals surface area contributed by atoms with Crippen molar-refractivity contribution in [1.29, 1.82) is 0 Å². The molecule has 3 nitrogen and oxygen atoms in total. The standard InChI is InChI=1S/C6H9ClN2O/c1-4-5(2-3-8)10-6(7)9-4/h2-3,8H2,1H3. The van der Waals surface area contributed by atoms with Crippen LogP contribution in [-0.2, 0) is 6.42 Å². The molecule has 0 unspecified atom stereocenters. The molecule has 0 saturated heterocycles. The Kier molecular flexibility index (Phi) is 2.29. The van der Waals surface area contributed by atoms with Crippen molar-refractivity contribution in [1.82, 2.24) is 4.98 Å². The van der Waals surface area contributed by atoms with E-state index >= 15 is 0 Å². The molecule has 56 valence electrons. The fourth-order valence-corrected chi connectivity index (χ4v) is 0.975. The van der Waals surface area contributed by atoms with E-state index in [0.717, 1.165) is 11.5 Å². The summed E-state index contributed by atoms with van der Waals surface area (Å²) in [5.74, 6) is 0.785. The Morgan fingerprint density at radius 3 is 2.80 bits per heavy atom. The van der Waals surface area contributed by atoms with Crippen LogP contribution in [0.4, 0.5) is 0 Å². The average Bonchev–Trinajstić information content (AvgIpc) is 2.13. The molecule has 0 amide bonds. The second-order valence-electron chi connectivity index (χ2n) is 2.01. The van der Waals surface area contributed by atoms with Crippen molar-refractivity contribution in [2.45, 2.75) is 13.3 Å². The fourth-order valence-electron chi connectivity index (χ4n) is 0.756. The zero-order chi connectivity index (χ0) is 7.56. The molecule has 0 spiro atoms. The van der Waals surface area contributed by atoms with Crippen LogP contribution in [0.3, 0.4) is 0 Å². The quantitative estimate of drug-likeness (QED) is 0.706. The largest absolute Gasteiger partial charge is 0.432 e. The van der Waals surface area contributed by atoms with Crippen molar-refractivity contribution in [3.8, 4) is 0 Å². The molecule has 1 aromatic rings. The highest BCUT2D eigenvalue weighted by Gasteiger charge is 2.05. The smallest absolute Gasteiger partial charge is 0.292 e. The predicted octanol–water partition coefficient (Wildman–Crippen LogP) is 1.14. The maximum atomic E-state index is 5.48. The first-order valence-corrected chi connectivity index (χ1v) is 3.43. The minimum atomic E-state index is 0.195. The van der Waals surface area contributed by atoms with Crippen LogP contribution in [0.25, 0.3) is 0 Å². The van der Waals surface area contributed by atoms with Gasteiger partial charge >= 0.3 is 0 Å². The molecule has 0 saturated carbocycles. The third-order valence-corrected chi connectivity index (χ3v) is 1.40. The van der Waals surface area contributed by atoms with Gasteiger partial charge in [-0.2, -0.15) is 0 Å². The molecule has 0 aromatic carbocycles. The monoisotopic (exact) mass is 160 g/mol. The SMILES string of the molecule is Cc1nc(Cl)oc1CCN. The highest BCUT2D eigenvalue weighted by atomic mass is 35.5. The van der Waals surface area contributed by atoms with E-state index in [0.29, 0.717) is 13.0 Å². The van der Waals surface area contributed by atoms with Crippen LogP contribution in [0, 0.1) is 6.92 Å². The summed E-state index contributed by atoms with van der Waals surface area (Å²) >= 11 is 5.48. The molecule has 10 heavy (non-hydrogen) atoms. The molecule has 0 fully saturated rings. The zero-order valence-electron chi connectivity index (χ0n) is 5.72. The first-order chi connectivity index (χ1) is 4.74. The molecule has 0 atom stereocenters. The van der Waals surface area contributed by atoms with Crippen LogP contribution in [0.15, 0.2) is 4.42 Å². The normalized spacial score (nSPS) is 10.3. The lowest BCUT2D eigenvalue weighted by atomic mass is 10.3. The van der Waals surface area contributed by atoms with Gasteiger partial charge in [-0.05, 0) is 25.1 Å². The van der Waals surface area contributed by atoms with Crippen LogP contribution in [0.5, 0.6) is 0 Å². The molecule has 0 bridgehead atoms. The van der Waals surface area contributed by atoms with Gasteiger partial charge in [0.25, 0.3) is 5.35 Å². The van der Waals surface area contributed by atoms with E-state index in [2.05, 4.69) is 4.98 Å². The fraction of sp³-hybridized carbons (Fsp3) is 0.500. The molecule has 1 aromatic heterocycles. The summed E-state index contributed by atoms with van der Waals surface area (Å²) in [4.78, 5) is 3.87. The van der Waals surface area contributed by atoms with Crippen LogP contribution in [-0.4, -0.2) is 11.5 Å². The number of aryl methyl sites for hydroxylation is 1. The lowest BCUT2D eigenvalue weighted by Gasteiger charge is -1.89. The summed E-state index contributed by atoms with van der Waals surface area (Å²) in [6, 6.07) is 0. The topological polar surface area (TPSA) is 52.0 Å². The minimum Gasteiger partial charge on any atom is -0.432 e. The zero-order valence-corrected chi connectivity index (χ0v) is 6.48. The molecule has 0 aliphatic rings. The van der Waals surface area contributed by atoms with Crippen molar-refractivity contribution in [2.75, 3.05) is 6.54 Å². The number of nitrogens with zero attached hydrogens (tertiary/aromatic N) is 1. The molecule has 0 aliphatic heterocycles. The third-order valence-electron chi connectivity index (χ3n) is 1.24. The van der Waals surface area contributed by atoms with E-state index in [-0.39, 0.29) is 5.35 Å². The van der Waals surface area contributed by atoms with Gasteiger partial charge in [0.2, 0.25) is 0 Å². The van der Waals surface area contributed by atoms with E-state index in [9.17, 15) is 0 Å². The van der Waals surface area contributed by atoms with Gasteiger partial charge in [-0.15, -0.1) is 0 Å². The minimum absolute atomic E-state index is 0.195. The van der Waals surface area contributed by atoms with Crippen molar-refractivity contribution < 1.29 is 4.42 Å². The van der Waals surface area contributed by atoms with Gasteiger partial charge in [0.05, 0.1) is 5.69 Å². The number of nitrogens with two attached hydrogens (primary N) is 1. The number of rotatable bonds is 2. The Hall–Kier alpha value is -0.540. The van der Waals surface area contributed by atoms with E-state index in [4.69, 9.17) is 21.8 Å². The van der Waals surface area contributed by atoms with Gasteiger partial charge in [-0.1, -0.05) is 0 Å². The van der Waals surface area contributed by atoms with Crippen molar-refractivity contribution in [3.63, 3.8) is 0 Å². The highest BCUT2D eigenvalue weighted by Crippen LogP contribution is 2.13. The highest BCUT2D eigenvalue weighted by molar-refractivity contribution is 6.27. The Bertz CT molecular complexity index is 222. The Balaban J connectivity index is 2.81. The van der Waals surface area contributed by atoms with E-state index in [1.54, 1.807) is 0 Å². The summed E-state index contributed by atoms with van der Waals surface area (Å²) < 4.78 is 5.03. The maximum absolute atomic E-state index is 5.48. The van der Waals surface area contributed by atoms with Crippen LogP contribution in [0.2, 0.25) is 5.35 Å². The molecular weight excluding hydrogens is 152 g/mol. The summed E-state index contributed by atoms with van der Waals surface area (Å²) in [5.41, 5.74) is 6.14. The molecule has 0 aliphatic carbocycles. The van der Waals surface area contributed by atoms with Gasteiger partial charge in [-0.25, -0.2) is 4.98 Å². The molecule has 1 heterocycles.